The molecule has 5 nitrogen and oxygen atoms in total. The van der Waals surface area contributed by atoms with E-state index < -0.39 is 0 Å². The molecule has 0 spiro atoms. The summed E-state index contributed by atoms with van der Waals surface area (Å²) >= 11 is 0. The number of carbonyl (C=O) groups excluding carboxylic acids is 1. The topological polar surface area (TPSA) is 38.4 Å². The highest BCUT2D eigenvalue weighted by Crippen LogP contribution is 2.06. The molecule has 0 saturated heterocycles. The van der Waals surface area contributed by atoms with E-state index in [2.05, 4.69) is 13.8 Å². The van der Waals surface area contributed by atoms with Crippen molar-refractivity contribution in [3.8, 4) is 0 Å². The largest absolute Gasteiger partial charge is 0.416 e. The fraction of sp³-hybridized carbons (Fsp3) is 0.667. The molecule has 0 aliphatic heterocycles. The molecule has 1 aromatic rings. The Morgan fingerprint density at radius 2 is 2.29 bits per heavy atom. The molecule has 0 N–H and O–H groups in total. The second kappa shape index (κ2) is 6.39. The number of aryl methyl sites for hydroxylation is 1. The summed E-state index contributed by atoms with van der Waals surface area (Å²) in [4.78, 5) is 14.1. The van der Waals surface area contributed by atoms with E-state index in [-0.39, 0.29) is 12.1 Å². The monoisotopic (exact) mass is 240 g/mol. The van der Waals surface area contributed by atoms with Crippen LogP contribution in [0.5, 0.6) is 0 Å². The fourth-order valence-electron chi connectivity index (χ4n) is 1.63. The molecule has 0 bridgehead atoms. The second-order valence-electron chi connectivity index (χ2n) is 4.21. The quantitative estimate of drug-likeness (QED) is 0.721. The van der Waals surface area contributed by atoms with E-state index in [1.54, 1.807) is 24.2 Å². The maximum atomic E-state index is 12.3. The normalized spacial score (nSPS) is 12.5. The summed E-state index contributed by atoms with van der Waals surface area (Å²) in [5.74, 6) is 0. The number of ether oxygens (including phenoxy) is 1. The summed E-state index contributed by atoms with van der Waals surface area (Å²) in [5.41, 5.74) is 0. The summed E-state index contributed by atoms with van der Waals surface area (Å²) in [6.07, 6.45) is 6.32. The molecule has 5 heteroatoms. The van der Waals surface area contributed by atoms with Crippen LogP contribution < -0.4 is 4.57 Å². The van der Waals surface area contributed by atoms with Gasteiger partial charge in [0.1, 0.15) is 12.4 Å². The minimum Gasteiger partial charge on any atom is -0.383 e. The summed E-state index contributed by atoms with van der Waals surface area (Å²) in [5, 5.41) is 0. The number of imidazole rings is 1. The molecule has 0 saturated carbocycles. The maximum Gasteiger partial charge on any atom is 0.416 e. The molecule has 0 aliphatic rings. The van der Waals surface area contributed by atoms with Gasteiger partial charge in [0.2, 0.25) is 0 Å². The number of hydrogen-bond acceptors (Lipinski definition) is 2. The minimum atomic E-state index is -0.00278. The van der Waals surface area contributed by atoms with Crippen LogP contribution in [0, 0.1) is 0 Å². The molecule has 96 valence electrons. The van der Waals surface area contributed by atoms with Gasteiger partial charge in [0.25, 0.3) is 6.33 Å². The molecule has 0 aromatic carbocycles. The molecule has 0 radical (unpaired) electrons. The molecular formula is C12H22N3O2+. The zero-order chi connectivity index (χ0) is 12.8. The predicted octanol–water partition coefficient (Wildman–Crippen LogP) is 1.03. The summed E-state index contributed by atoms with van der Waals surface area (Å²) < 4.78 is 8.50. The number of nitrogens with zero attached hydrogens (tertiary/aromatic N) is 3. The van der Waals surface area contributed by atoms with E-state index in [1.165, 1.54) is 0 Å². The highest BCUT2D eigenvalue weighted by molar-refractivity contribution is 5.76. The average molecular weight is 240 g/mol. The number of hydrogen-bond donors (Lipinski definition) is 0. The van der Waals surface area contributed by atoms with Gasteiger partial charge in [0.15, 0.2) is 0 Å². The van der Waals surface area contributed by atoms with Crippen LogP contribution in [0.4, 0.5) is 4.79 Å². The first-order valence-electron chi connectivity index (χ1n) is 5.93. The van der Waals surface area contributed by atoms with Crippen LogP contribution in [0.3, 0.4) is 0 Å². The van der Waals surface area contributed by atoms with Crippen molar-refractivity contribution in [1.82, 2.24) is 9.47 Å². The zero-order valence-corrected chi connectivity index (χ0v) is 11.1. The van der Waals surface area contributed by atoms with Crippen molar-refractivity contribution in [1.29, 1.82) is 0 Å². The van der Waals surface area contributed by atoms with Gasteiger partial charge in [-0.05, 0) is 13.3 Å². The molecule has 0 fully saturated rings. The smallest absolute Gasteiger partial charge is 0.383 e. The highest BCUT2D eigenvalue weighted by Gasteiger charge is 2.24. The van der Waals surface area contributed by atoms with Crippen molar-refractivity contribution in [2.24, 2.45) is 7.05 Å². The van der Waals surface area contributed by atoms with Gasteiger partial charge in [-0.2, -0.15) is 4.57 Å². The van der Waals surface area contributed by atoms with Gasteiger partial charge >= 0.3 is 6.03 Å². The molecular weight excluding hydrogens is 218 g/mol. The van der Waals surface area contributed by atoms with E-state index in [1.807, 2.05) is 22.7 Å². The van der Waals surface area contributed by atoms with Crippen LogP contribution in [-0.4, -0.2) is 41.8 Å². The Morgan fingerprint density at radius 3 is 2.76 bits per heavy atom. The third kappa shape index (κ3) is 3.56. The fourth-order valence-corrected chi connectivity index (χ4v) is 1.63. The van der Waals surface area contributed by atoms with Gasteiger partial charge in [-0.15, -0.1) is 0 Å². The first-order valence-corrected chi connectivity index (χ1v) is 5.93. The Kier molecular flexibility index (Phi) is 5.15. The summed E-state index contributed by atoms with van der Waals surface area (Å²) in [7, 11) is 3.54. The number of carbonyl (C=O) groups is 1. The zero-order valence-electron chi connectivity index (χ0n) is 11.1. The predicted molar refractivity (Wildman–Crippen MR) is 64.7 cm³/mol. The summed E-state index contributed by atoms with van der Waals surface area (Å²) in [6, 6.07) is 0.211. The maximum absolute atomic E-state index is 12.3. The van der Waals surface area contributed by atoms with Crippen molar-refractivity contribution in [2.75, 3.05) is 20.3 Å². The third-order valence-electron chi connectivity index (χ3n) is 2.89. The Bertz CT molecular complexity index is 362. The molecule has 1 unspecified atom stereocenters. The average Bonchev–Trinajstić information content (AvgIpc) is 2.75. The minimum absolute atomic E-state index is 0.00278. The van der Waals surface area contributed by atoms with Gasteiger partial charge in [-0.25, -0.2) is 9.36 Å². The van der Waals surface area contributed by atoms with E-state index in [0.717, 1.165) is 6.42 Å². The first-order chi connectivity index (χ1) is 8.10. The van der Waals surface area contributed by atoms with Crippen molar-refractivity contribution in [3.05, 3.63) is 18.7 Å². The van der Waals surface area contributed by atoms with Crippen molar-refractivity contribution in [3.63, 3.8) is 0 Å². The van der Waals surface area contributed by atoms with Crippen molar-refractivity contribution >= 4 is 6.03 Å². The Balaban J connectivity index is 2.78. The Morgan fingerprint density at radius 1 is 1.59 bits per heavy atom. The second-order valence-corrected chi connectivity index (χ2v) is 4.21. The van der Waals surface area contributed by atoms with E-state index >= 15 is 0 Å². The molecule has 1 amide bonds. The van der Waals surface area contributed by atoms with Gasteiger partial charge in [-0.3, -0.25) is 4.90 Å². The number of methoxy groups -OCH3 is 1. The third-order valence-corrected chi connectivity index (χ3v) is 2.89. The van der Waals surface area contributed by atoms with Crippen LogP contribution in [0.2, 0.25) is 0 Å². The van der Waals surface area contributed by atoms with Crippen molar-refractivity contribution in [2.45, 2.75) is 26.3 Å². The standard InChI is InChI=1S/C12H22N3O2/c1-5-11(2)15(8-9-17-4)12(16)14-7-6-13(3)10-14/h6-7,10-11H,5,8-9H2,1-4H3/q+1. The lowest BCUT2D eigenvalue weighted by molar-refractivity contribution is -0.670. The molecule has 1 atom stereocenters. The van der Waals surface area contributed by atoms with Crippen LogP contribution in [0.15, 0.2) is 18.7 Å². The van der Waals surface area contributed by atoms with Gasteiger partial charge in [-0.1, -0.05) is 6.92 Å². The Labute approximate surface area is 103 Å². The van der Waals surface area contributed by atoms with Crippen LogP contribution in [-0.2, 0) is 11.8 Å². The molecule has 1 aromatic heterocycles. The first kappa shape index (κ1) is 13.7. The molecule has 1 rings (SSSR count). The summed E-state index contributed by atoms with van der Waals surface area (Å²) in [6.45, 7) is 5.31. The lowest BCUT2D eigenvalue weighted by atomic mass is 10.2. The van der Waals surface area contributed by atoms with E-state index in [9.17, 15) is 4.79 Å². The lowest BCUT2D eigenvalue weighted by Crippen LogP contribution is -2.43. The van der Waals surface area contributed by atoms with E-state index in [4.69, 9.17) is 4.74 Å². The van der Waals surface area contributed by atoms with Gasteiger partial charge < -0.3 is 4.74 Å². The number of amides is 1. The Hall–Kier alpha value is -1.36. The highest BCUT2D eigenvalue weighted by atomic mass is 16.5. The van der Waals surface area contributed by atoms with Crippen LogP contribution in [0.1, 0.15) is 20.3 Å². The van der Waals surface area contributed by atoms with Crippen LogP contribution in [0.25, 0.3) is 0 Å². The SMILES string of the molecule is CCC(C)N(CCOC)C(=O)n1cc[n+](C)c1. The van der Waals surface area contributed by atoms with Crippen LogP contribution >= 0.6 is 0 Å². The number of aromatic nitrogens is 2. The molecule has 0 aliphatic carbocycles. The van der Waals surface area contributed by atoms with Gasteiger partial charge in [0.05, 0.1) is 13.7 Å². The van der Waals surface area contributed by atoms with Gasteiger partial charge in [0, 0.05) is 19.7 Å². The van der Waals surface area contributed by atoms with E-state index in [0.29, 0.717) is 13.2 Å². The lowest BCUT2D eigenvalue weighted by Gasteiger charge is -2.25. The molecule has 1 heterocycles. The number of rotatable bonds is 5. The van der Waals surface area contributed by atoms with Crippen molar-refractivity contribution < 1.29 is 14.1 Å². The molecule has 17 heavy (non-hydrogen) atoms.